The van der Waals surface area contributed by atoms with Crippen molar-refractivity contribution < 1.29 is 22.7 Å². The maximum Gasteiger partial charge on any atom is 0.243 e. The molecule has 0 aromatic heterocycles. The third-order valence-electron chi connectivity index (χ3n) is 4.32. The van der Waals surface area contributed by atoms with Gasteiger partial charge < -0.3 is 14.8 Å². The molecular formula is C20H26N2O5S. The van der Waals surface area contributed by atoms with E-state index in [0.29, 0.717) is 17.1 Å². The zero-order valence-electron chi connectivity index (χ0n) is 16.6. The lowest BCUT2D eigenvalue weighted by molar-refractivity contribution is -0.121. The Morgan fingerprint density at radius 3 is 2.11 bits per heavy atom. The van der Waals surface area contributed by atoms with E-state index in [2.05, 4.69) is 5.32 Å². The predicted octanol–water partition coefficient (Wildman–Crippen LogP) is 2.34. The molecule has 8 heteroatoms. The van der Waals surface area contributed by atoms with Crippen molar-refractivity contribution in [1.82, 2.24) is 9.62 Å². The van der Waals surface area contributed by atoms with Gasteiger partial charge in [-0.1, -0.05) is 30.7 Å². The van der Waals surface area contributed by atoms with Gasteiger partial charge in [0.25, 0.3) is 0 Å². The molecule has 0 spiro atoms. The van der Waals surface area contributed by atoms with Gasteiger partial charge in [0.2, 0.25) is 15.9 Å². The number of methoxy groups -OCH3 is 2. The molecule has 1 amide bonds. The number of ether oxygens (including phenoxy) is 2. The molecule has 0 saturated heterocycles. The van der Waals surface area contributed by atoms with Crippen LogP contribution in [0.15, 0.2) is 47.4 Å². The molecule has 0 atom stereocenters. The van der Waals surface area contributed by atoms with Gasteiger partial charge in [0.1, 0.15) is 11.5 Å². The van der Waals surface area contributed by atoms with Gasteiger partial charge in [-0.15, -0.1) is 0 Å². The molecule has 2 rings (SSSR count). The summed E-state index contributed by atoms with van der Waals surface area (Å²) in [6.07, 6.45) is 0. The van der Waals surface area contributed by atoms with Crippen LogP contribution in [0.4, 0.5) is 0 Å². The number of amides is 1. The summed E-state index contributed by atoms with van der Waals surface area (Å²) in [5.74, 6) is 0.754. The fraction of sp³-hybridized carbons (Fsp3) is 0.350. The molecule has 0 aliphatic carbocycles. The maximum atomic E-state index is 12.8. The molecule has 0 saturated carbocycles. The summed E-state index contributed by atoms with van der Waals surface area (Å²) in [6, 6.07) is 11.9. The smallest absolute Gasteiger partial charge is 0.243 e. The third-order valence-corrected chi connectivity index (χ3v) is 6.26. The van der Waals surface area contributed by atoms with Gasteiger partial charge in [0.05, 0.1) is 37.8 Å². The Morgan fingerprint density at radius 1 is 1.04 bits per heavy atom. The summed E-state index contributed by atoms with van der Waals surface area (Å²) in [4.78, 5) is 12.6. The number of benzene rings is 2. The molecule has 0 bridgehead atoms. The lowest BCUT2D eigenvalue weighted by Gasteiger charge is -2.20. The van der Waals surface area contributed by atoms with Crippen molar-refractivity contribution >= 4 is 15.9 Å². The van der Waals surface area contributed by atoms with Crippen molar-refractivity contribution in [3.8, 4) is 11.5 Å². The number of nitrogens with zero attached hydrogens (tertiary/aromatic N) is 1. The summed E-state index contributed by atoms with van der Waals surface area (Å²) >= 11 is 0. The standard InChI is InChI=1S/C20H26N2O5S/c1-5-22(28(24,25)16-11-9-15(2)10-12-16)14-20(23)21-13-17-18(26-3)7-6-8-19(17)27-4/h6-12H,5,13-14H2,1-4H3,(H,21,23). The number of nitrogens with one attached hydrogen (secondary N) is 1. The van der Waals surface area contributed by atoms with Crippen LogP contribution in [0.2, 0.25) is 0 Å². The monoisotopic (exact) mass is 406 g/mol. The van der Waals surface area contributed by atoms with Crippen molar-refractivity contribution in [3.63, 3.8) is 0 Å². The zero-order chi connectivity index (χ0) is 20.7. The molecule has 1 N–H and O–H groups in total. The Hall–Kier alpha value is -2.58. The number of carbonyl (C=O) groups excluding carboxylic acids is 1. The minimum atomic E-state index is -3.75. The first-order valence-corrected chi connectivity index (χ1v) is 10.3. The fourth-order valence-corrected chi connectivity index (χ4v) is 4.14. The highest BCUT2D eigenvalue weighted by molar-refractivity contribution is 7.89. The quantitative estimate of drug-likeness (QED) is 0.691. The summed E-state index contributed by atoms with van der Waals surface area (Å²) in [5, 5.41) is 2.74. The van der Waals surface area contributed by atoms with Crippen LogP contribution in [-0.4, -0.2) is 45.9 Å². The van der Waals surface area contributed by atoms with Gasteiger partial charge in [0, 0.05) is 6.54 Å². The SMILES string of the molecule is CCN(CC(=O)NCc1c(OC)cccc1OC)S(=O)(=O)c1ccc(C)cc1. The molecule has 7 nitrogen and oxygen atoms in total. The van der Waals surface area contributed by atoms with Gasteiger partial charge in [0.15, 0.2) is 0 Å². The first-order chi connectivity index (χ1) is 13.3. The average Bonchev–Trinajstić information content (AvgIpc) is 2.70. The van der Waals surface area contributed by atoms with Crippen LogP contribution >= 0.6 is 0 Å². The van der Waals surface area contributed by atoms with Gasteiger partial charge in [-0.05, 0) is 31.2 Å². The molecule has 0 radical (unpaired) electrons. The van der Waals surface area contributed by atoms with Crippen molar-refractivity contribution in [3.05, 3.63) is 53.6 Å². The van der Waals surface area contributed by atoms with E-state index in [4.69, 9.17) is 9.47 Å². The van der Waals surface area contributed by atoms with E-state index in [0.717, 1.165) is 9.87 Å². The van der Waals surface area contributed by atoms with Crippen molar-refractivity contribution in [2.45, 2.75) is 25.3 Å². The number of carbonyl (C=O) groups is 1. The largest absolute Gasteiger partial charge is 0.496 e. The highest BCUT2D eigenvalue weighted by Crippen LogP contribution is 2.27. The molecule has 28 heavy (non-hydrogen) atoms. The first-order valence-electron chi connectivity index (χ1n) is 8.86. The van der Waals surface area contributed by atoms with E-state index in [1.807, 2.05) is 6.92 Å². The van der Waals surface area contributed by atoms with E-state index in [-0.39, 0.29) is 24.5 Å². The molecule has 0 unspecified atom stereocenters. The summed E-state index contributed by atoms with van der Waals surface area (Å²) < 4.78 is 37.3. The second-order valence-corrected chi connectivity index (χ2v) is 8.10. The lowest BCUT2D eigenvalue weighted by Crippen LogP contribution is -2.40. The van der Waals surface area contributed by atoms with E-state index in [1.54, 1.807) is 49.4 Å². The Bertz CT molecular complexity index is 888. The van der Waals surface area contributed by atoms with E-state index in [1.165, 1.54) is 14.2 Å². The molecule has 0 aliphatic rings. The number of sulfonamides is 1. The molecule has 2 aromatic carbocycles. The number of rotatable bonds is 9. The maximum absolute atomic E-state index is 12.8. The van der Waals surface area contributed by atoms with Crippen LogP contribution in [-0.2, 0) is 21.4 Å². The Labute approximate surface area is 166 Å². The van der Waals surface area contributed by atoms with Crippen LogP contribution < -0.4 is 14.8 Å². The Morgan fingerprint density at radius 2 is 1.61 bits per heavy atom. The van der Waals surface area contributed by atoms with Gasteiger partial charge >= 0.3 is 0 Å². The van der Waals surface area contributed by atoms with E-state index < -0.39 is 15.9 Å². The number of aryl methyl sites for hydroxylation is 1. The summed E-state index contributed by atoms with van der Waals surface area (Å²) in [6.45, 7) is 3.65. The van der Waals surface area contributed by atoms with Crippen LogP contribution in [0.25, 0.3) is 0 Å². The molecule has 2 aromatic rings. The van der Waals surface area contributed by atoms with Crippen molar-refractivity contribution in [2.24, 2.45) is 0 Å². The van der Waals surface area contributed by atoms with Gasteiger partial charge in [-0.3, -0.25) is 4.79 Å². The zero-order valence-corrected chi connectivity index (χ0v) is 17.4. The van der Waals surface area contributed by atoms with Gasteiger partial charge in [-0.2, -0.15) is 4.31 Å². The minimum absolute atomic E-state index is 0.161. The normalized spacial score (nSPS) is 11.3. The van der Waals surface area contributed by atoms with Crippen molar-refractivity contribution in [1.29, 1.82) is 0 Å². The first kappa shape index (κ1) is 21.7. The molecule has 0 aliphatic heterocycles. The van der Waals surface area contributed by atoms with Crippen LogP contribution in [0, 0.1) is 6.92 Å². The molecule has 0 heterocycles. The molecular weight excluding hydrogens is 380 g/mol. The predicted molar refractivity (Wildman–Crippen MR) is 107 cm³/mol. The summed E-state index contributed by atoms with van der Waals surface area (Å²) in [5.41, 5.74) is 1.65. The molecule has 152 valence electrons. The van der Waals surface area contributed by atoms with E-state index in [9.17, 15) is 13.2 Å². The second kappa shape index (κ2) is 9.57. The average molecular weight is 407 g/mol. The minimum Gasteiger partial charge on any atom is -0.496 e. The van der Waals surface area contributed by atoms with Crippen LogP contribution in [0.3, 0.4) is 0 Å². The fourth-order valence-electron chi connectivity index (χ4n) is 2.73. The number of likely N-dealkylation sites (N-methyl/N-ethyl adjacent to an activating group) is 1. The second-order valence-electron chi connectivity index (χ2n) is 6.16. The number of hydrogen-bond donors (Lipinski definition) is 1. The summed E-state index contributed by atoms with van der Waals surface area (Å²) in [7, 11) is -0.679. The van der Waals surface area contributed by atoms with Crippen LogP contribution in [0.5, 0.6) is 11.5 Å². The lowest BCUT2D eigenvalue weighted by atomic mass is 10.1. The highest BCUT2D eigenvalue weighted by Gasteiger charge is 2.25. The Kier molecular flexibility index (Phi) is 7.42. The Balaban J connectivity index is 2.10. The van der Waals surface area contributed by atoms with E-state index >= 15 is 0 Å². The molecule has 0 fully saturated rings. The topological polar surface area (TPSA) is 84.9 Å². The van der Waals surface area contributed by atoms with Gasteiger partial charge in [-0.25, -0.2) is 8.42 Å². The highest BCUT2D eigenvalue weighted by atomic mass is 32.2. The third kappa shape index (κ3) is 5.02. The number of hydrogen-bond acceptors (Lipinski definition) is 5. The van der Waals surface area contributed by atoms with Crippen LogP contribution in [0.1, 0.15) is 18.1 Å². The van der Waals surface area contributed by atoms with Crippen molar-refractivity contribution in [2.75, 3.05) is 27.3 Å².